The lowest BCUT2D eigenvalue weighted by molar-refractivity contribution is -0.107. The van der Waals surface area contributed by atoms with Crippen molar-refractivity contribution in [3.63, 3.8) is 0 Å². The molecule has 0 radical (unpaired) electrons. The summed E-state index contributed by atoms with van der Waals surface area (Å²) in [5.41, 5.74) is 1.79. The van der Waals surface area contributed by atoms with Crippen LogP contribution in [0.2, 0.25) is 5.02 Å². The quantitative estimate of drug-likeness (QED) is 0.586. The third kappa shape index (κ3) is 5.30. The molecule has 4 heterocycles. The summed E-state index contributed by atoms with van der Waals surface area (Å²) in [6, 6.07) is 1.82. The number of alkyl halides is 2. The van der Waals surface area contributed by atoms with Gasteiger partial charge in [0.25, 0.3) is 5.92 Å². The van der Waals surface area contributed by atoms with E-state index in [1.165, 1.54) is 6.20 Å². The van der Waals surface area contributed by atoms with Crippen molar-refractivity contribution in [1.29, 1.82) is 0 Å². The van der Waals surface area contributed by atoms with Crippen LogP contribution in [-0.2, 0) is 9.53 Å². The van der Waals surface area contributed by atoms with Crippen LogP contribution in [0.4, 0.5) is 32.1 Å². The number of carbonyl (C=O) groups is 1. The summed E-state index contributed by atoms with van der Waals surface area (Å²) in [6.45, 7) is 1.40. The SMILES string of the molecule is CN(C)c1ncc(Nc2nc(N3CCC(F)(F)CC3)ncc2Cl)cc1C1=C(C=O)OCCCN1. The lowest BCUT2D eigenvalue weighted by Gasteiger charge is -2.31. The fourth-order valence-electron chi connectivity index (χ4n) is 3.78. The Hall–Kier alpha value is -3.21. The molecule has 12 heteroatoms. The van der Waals surface area contributed by atoms with Gasteiger partial charge in [-0.3, -0.25) is 4.79 Å². The van der Waals surface area contributed by atoms with Gasteiger partial charge >= 0.3 is 0 Å². The summed E-state index contributed by atoms with van der Waals surface area (Å²) >= 11 is 6.33. The highest BCUT2D eigenvalue weighted by molar-refractivity contribution is 6.32. The number of carbonyl (C=O) groups excluding carboxylic acids is 1. The van der Waals surface area contributed by atoms with E-state index in [1.807, 2.05) is 25.1 Å². The van der Waals surface area contributed by atoms with Gasteiger partial charge in [0.1, 0.15) is 10.8 Å². The molecule has 0 aliphatic carbocycles. The highest BCUT2D eigenvalue weighted by atomic mass is 35.5. The molecule has 2 aliphatic rings. The van der Waals surface area contributed by atoms with Crippen molar-refractivity contribution >= 4 is 46.9 Å². The van der Waals surface area contributed by atoms with E-state index in [2.05, 4.69) is 25.6 Å². The van der Waals surface area contributed by atoms with Crippen molar-refractivity contribution in [1.82, 2.24) is 20.3 Å². The van der Waals surface area contributed by atoms with E-state index in [0.717, 1.165) is 6.42 Å². The average Bonchev–Trinajstić information content (AvgIpc) is 3.06. The van der Waals surface area contributed by atoms with Crippen LogP contribution in [0.5, 0.6) is 0 Å². The van der Waals surface area contributed by atoms with Gasteiger partial charge in [0, 0.05) is 52.1 Å². The zero-order chi connectivity index (χ0) is 24.3. The number of aldehydes is 1. The summed E-state index contributed by atoms with van der Waals surface area (Å²) in [5.74, 6) is -1.16. The van der Waals surface area contributed by atoms with Gasteiger partial charge in [0.2, 0.25) is 5.95 Å². The highest BCUT2D eigenvalue weighted by Gasteiger charge is 2.35. The number of aromatic nitrogens is 3. The average molecular weight is 494 g/mol. The van der Waals surface area contributed by atoms with Crippen molar-refractivity contribution in [2.75, 3.05) is 55.5 Å². The number of halogens is 3. The minimum atomic E-state index is -2.66. The van der Waals surface area contributed by atoms with Crippen LogP contribution in [0.25, 0.3) is 5.70 Å². The number of allylic oxidation sites excluding steroid dienone is 1. The Morgan fingerprint density at radius 2 is 2.03 bits per heavy atom. The van der Waals surface area contributed by atoms with Crippen LogP contribution >= 0.6 is 11.6 Å². The van der Waals surface area contributed by atoms with Crippen LogP contribution in [0.1, 0.15) is 24.8 Å². The van der Waals surface area contributed by atoms with Crippen molar-refractivity contribution in [2.24, 2.45) is 0 Å². The van der Waals surface area contributed by atoms with Gasteiger partial charge in [0.15, 0.2) is 17.9 Å². The number of ether oxygens (including phenoxy) is 1. The molecule has 2 aromatic rings. The summed E-state index contributed by atoms with van der Waals surface area (Å²) < 4.78 is 32.7. The second-order valence-electron chi connectivity index (χ2n) is 8.31. The molecule has 0 spiro atoms. The zero-order valence-corrected chi connectivity index (χ0v) is 19.7. The molecule has 1 saturated heterocycles. The topological polar surface area (TPSA) is 95.5 Å². The molecule has 2 aromatic heterocycles. The monoisotopic (exact) mass is 493 g/mol. The molecule has 0 saturated carbocycles. The van der Waals surface area contributed by atoms with Crippen molar-refractivity contribution < 1.29 is 18.3 Å². The smallest absolute Gasteiger partial charge is 0.251 e. The van der Waals surface area contributed by atoms with E-state index in [1.54, 1.807) is 11.1 Å². The number of hydrogen-bond donors (Lipinski definition) is 2. The van der Waals surface area contributed by atoms with Crippen molar-refractivity contribution in [3.05, 3.63) is 34.8 Å². The zero-order valence-electron chi connectivity index (χ0n) is 18.9. The number of nitrogens with one attached hydrogen (secondary N) is 2. The molecule has 0 bridgehead atoms. The normalized spacial score (nSPS) is 18.0. The van der Waals surface area contributed by atoms with E-state index in [0.29, 0.717) is 54.0 Å². The van der Waals surface area contributed by atoms with Crippen LogP contribution in [0, 0.1) is 0 Å². The fourth-order valence-corrected chi connectivity index (χ4v) is 3.92. The first-order chi connectivity index (χ1) is 16.3. The molecule has 9 nitrogen and oxygen atoms in total. The molecule has 0 amide bonds. The molecule has 0 aromatic carbocycles. The molecule has 2 N–H and O–H groups in total. The summed E-state index contributed by atoms with van der Waals surface area (Å²) in [6.07, 6.45) is 4.01. The third-order valence-electron chi connectivity index (χ3n) is 5.57. The minimum absolute atomic E-state index is 0.158. The molecule has 2 aliphatic heterocycles. The van der Waals surface area contributed by atoms with Crippen LogP contribution in [-0.4, -0.2) is 67.5 Å². The second kappa shape index (κ2) is 9.96. The maximum atomic E-state index is 13.5. The van der Waals surface area contributed by atoms with Crippen molar-refractivity contribution in [2.45, 2.75) is 25.2 Å². The van der Waals surface area contributed by atoms with Crippen LogP contribution < -0.4 is 20.4 Å². The molecular formula is C22H26ClF2N7O2. The van der Waals surface area contributed by atoms with Gasteiger partial charge < -0.3 is 25.2 Å². The van der Waals surface area contributed by atoms with E-state index in [-0.39, 0.29) is 36.7 Å². The molecule has 0 atom stereocenters. The number of pyridine rings is 1. The Balaban J connectivity index is 1.65. The van der Waals surface area contributed by atoms with Crippen molar-refractivity contribution in [3.8, 4) is 0 Å². The van der Waals surface area contributed by atoms with Gasteiger partial charge in [0.05, 0.1) is 30.4 Å². The summed E-state index contributed by atoms with van der Waals surface area (Å²) in [7, 11) is 3.71. The van der Waals surface area contributed by atoms with E-state index in [9.17, 15) is 13.6 Å². The Kier molecular flexibility index (Phi) is 7.01. The highest BCUT2D eigenvalue weighted by Crippen LogP contribution is 2.33. The van der Waals surface area contributed by atoms with Gasteiger partial charge in [-0.05, 0) is 12.5 Å². The Labute approximate surface area is 201 Å². The van der Waals surface area contributed by atoms with Crippen LogP contribution in [0.3, 0.4) is 0 Å². The molecule has 4 rings (SSSR count). The Morgan fingerprint density at radius 3 is 2.74 bits per heavy atom. The van der Waals surface area contributed by atoms with Gasteiger partial charge in [-0.15, -0.1) is 0 Å². The van der Waals surface area contributed by atoms with E-state index < -0.39 is 5.92 Å². The van der Waals surface area contributed by atoms with Gasteiger partial charge in [-0.25, -0.2) is 18.7 Å². The van der Waals surface area contributed by atoms with Crippen LogP contribution in [0.15, 0.2) is 24.2 Å². The van der Waals surface area contributed by atoms with Gasteiger partial charge in [-0.1, -0.05) is 11.6 Å². The minimum Gasteiger partial charge on any atom is -0.488 e. The first kappa shape index (κ1) is 23.9. The first-order valence-corrected chi connectivity index (χ1v) is 11.3. The number of anilines is 4. The summed E-state index contributed by atoms with van der Waals surface area (Å²) in [4.78, 5) is 28.4. The maximum Gasteiger partial charge on any atom is 0.251 e. The van der Waals surface area contributed by atoms with Gasteiger partial charge in [-0.2, -0.15) is 4.98 Å². The lowest BCUT2D eigenvalue weighted by Crippen LogP contribution is -2.40. The van der Waals surface area contributed by atoms with E-state index in [4.69, 9.17) is 16.3 Å². The molecule has 1 fully saturated rings. The number of hydrogen-bond acceptors (Lipinski definition) is 9. The Bertz CT molecular complexity index is 1090. The second-order valence-corrected chi connectivity index (χ2v) is 8.72. The maximum absolute atomic E-state index is 13.5. The predicted molar refractivity (Wildman–Crippen MR) is 127 cm³/mol. The fraction of sp³-hybridized carbons (Fsp3) is 0.455. The Morgan fingerprint density at radius 1 is 1.26 bits per heavy atom. The van der Waals surface area contributed by atoms with E-state index >= 15 is 0 Å². The number of piperidine rings is 1. The largest absolute Gasteiger partial charge is 0.488 e. The molecule has 182 valence electrons. The first-order valence-electron chi connectivity index (χ1n) is 10.9. The number of rotatable bonds is 6. The molecular weight excluding hydrogens is 468 g/mol. The number of nitrogens with zero attached hydrogens (tertiary/aromatic N) is 5. The molecule has 0 unspecified atom stereocenters. The third-order valence-corrected chi connectivity index (χ3v) is 5.84. The standard InChI is InChI=1S/C22H26ClF2N7O2/c1-31(2)20-15(18-17(13-33)34-9-3-6-26-18)10-14(11-27-20)29-19-16(23)12-28-21(30-19)32-7-4-22(24,25)5-8-32/h10-13,26H,3-9H2,1-2H3,(H,28,29,30). The lowest BCUT2D eigenvalue weighted by atomic mass is 10.1. The summed E-state index contributed by atoms with van der Waals surface area (Å²) in [5, 5.41) is 6.68. The predicted octanol–water partition coefficient (Wildman–Crippen LogP) is 3.45. The molecule has 34 heavy (non-hydrogen) atoms.